The number of hydrogen-bond donors (Lipinski definition) is 2. The predicted octanol–water partition coefficient (Wildman–Crippen LogP) is 1.21. The first kappa shape index (κ1) is 20.3. The number of carbonyl (C=O) groups excluding carboxylic acids is 1. The molecule has 150 valence electrons. The summed E-state index contributed by atoms with van der Waals surface area (Å²) in [6, 6.07) is 6.28. The van der Waals surface area contributed by atoms with Crippen LogP contribution in [0.4, 0.5) is 0 Å². The highest BCUT2D eigenvalue weighted by molar-refractivity contribution is 7.89. The molecule has 0 bridgehead atoms. The summed E-state index contributed by atoms with van der Waals surface area (Å²) in [7, 11) is -3.66. The fraction of sp³-hybridized carbons (Fsp3) is 0.632. The van der Waals surface area contributed by atoms with Crippen LogP contribution in [0.2, 0.25) is 0 Å². The average Bonchev–Trinajstić information content (AvgIpc) is 2.66. The van der Waals surface area contributed by atoms with Crippen molar-refractivity contribution >= 4 is 15.9 Å². The molecular formula is C19H29N3O4S. The average molecular weight is 396 g/mol. The summed E-state index contributed by atoms with van der Waals surface area (Å²) in [5, 5.41) is 6.26. The maximum Gasteiger partial charge on any atom is 0.251 e. The number of rotatable bonds is 5. The Kier molecular flexibility index (Phi) is 6.52. The van der Waals surface area contributed by atoms with Crippen LogP contribution in [0.25, 0.3) is 0 Å². The summed E-state index contributed by atoms with van der Waals surface area (Å²) in [5.41, 5.74) is 0.370. The van der Waals surface area contributed by atoms with Gasteiger partial charge in [-0.2, -0.15) is 4.31 Å². The van der Waals surface area contributed by atoms with Gasteiger partial charge in [-0.25, -0.2) is 8.42 Å². The first-order chi connectivity index (χ1) is 12.9. The Morgan fingerprint density at radius 2 is 2.04 bits per heavy atom. The normalized spacial score (nSPS) is 27.3. The van der Waals surface area contributed by atoms with Crippen LogP contribution in [0.3, 0.4) is 0 Å². The fourth-order valence-corrected chi connectivity index (χ4v) is 5.35. The third-order valence-corrected chi connectivity index (χ3v) is 6.90. The Bertz CT molecular complexity index is 752. The van der Waals surface area contributed by atoms with Crippen LogP contribution in [-0.4, -0.2) is 63.6 Å². The van der Waals surface area contributed by atoms with Crippen LogP contribution in [0.15, 0.2) is 29.2 Å². The molecule has 0 aliphatic carbocycles. The first-order valence-corrected chi connectivity index (χ1v) is 11.0. The number of amides is 1. The molecule has 0 spiro atoms. The van der Waals surface area contributed by atoms with E-state index >= 15 is 0 Å². The van der Waals surface area contributed by atoms with E-state index in [1.807, 2.05) is 13.8 Å². The number of morpholine rings is 1. The van der Waals surface area contributed by atoms with Gasteiger partial charge >= 0.3 is 0 Å². The molecule has 2 fully saturated rings. The molecule has 27 heavy (non-hydrogen) atoms. The van der Waals surface area contributed by atoms with Gasteiger partial charge in [0.1, 0.15) is 0 Å². The predicted molar refractivity (Wildman–Crippen MR) is 103 cm³/mol. The molecule has 2 aliphatic heterocycles. The van der Waals surface area contributed by atoms with Crippen molar-refractivity contribution < 1.29 is 17.9 Å². The topological polar surface area (TPSA) is 87.7 Å². The molecule has 3 atom stereocenters. The maximum absolute atomic E-state index is 13.0. The van der Waals surface area contributed by atoms with Gasteiger partial charge in [-0.15, -0.1) is 0 Å². The number of benzene rings is 1. The fourth-order valence-electron chi connectivity index (χ4n) is 3.71. The van der Waals surface area contributed by atoms with E-state index in [2.05, 4.69) is 10.6 Å². The van der Waals surface area contributed by atoms with E-state index < -0.39 is 10.0 Å². The van der Waals surface area contributed by atoms with Crippen LogP contribution in [-0.2, 0) is 14.8 Å². The number of hydrogen-bond acceptors (Lipinski definition) is 5. The third-order valence-electron chi connectivity index (χ3n) is 5.07. The van der Waals surface area contributed by atoms with Crippen LogP contribution in [0.5, 0.6) is 0 Å². The minimum atomic E-state index is -3.66. The summed E-state index contributed by atoms with van der Waals surface area (Å²) in [4.78, 5) is 12.6. The number of ether oxygens (including phenoxy) is 1. The van der Waals surface area contributed by atoms with Gasteiger partial charge in [0.2, 0.25) is 10.0 Å². The van der Waals surface area contributed by atoms with Gasteiger partial charge in [0.05, 0.1) is 17.1 Å². The second kappa shape index (κ2) is 8.68. The van der Waals surface area contributed by atoms with E-state index in [4.69, 9.17) is 4.74 Å². The lowest BCUT2D eigenvalue weighted by atomic mass is 10.00. The van der Waals surface area contributed by atoms with Crippen LogP contribution in [0.1, 0.15) is 37.0 Å². The highest BCUT2D eigenvalue weighted by Gasteiger charge is 2.32. The first-order valence-electron chi connectivity index (χ1n) is 9.61. The monoisotopic (exact) mass is 395 g/mol. The molecule has 0 saturated carbocycles. The molecule has 0 radical (unpaired) electrons. The molecule has 8 heteroatoms. The summed E-state index contributed by atoms with van der Waals surface area (Å²) >= 11 is 0. The van der Waals surface area contributed by atoms with E-state index in [0.29, 0.717) is 31.1 Å². The van der Waals surface area contributed by atoms with Crippen molar-refractivity contribution in [2.45, 2.75) is 43.8 Å². The van der Waals surface area contributed by atoms with E-state index in [1.54, 1.807) is 18.2 Å². The van der Waals surface area contributed by atoms with Gasteiger partial charge in [-0.3, -0.25) is 4.79 Å². The van der Waals surface area contributed by atoms with Crippen molar-refractivity contribution in [3.05, 3.63) is 29.8 Å². The van der Waals surface area contributed by atoms with Gasteiger partial charge in [-0.1, -0.05) is 6.07 Å². The minimum absolute atomic E-state index is 0.149. The lowest BCUT2D eigenvalue weighted by Crippen LogP contribution is -2.48. The quantitative estimate of drug-likeness (QED) is 0.783. The largest absolute Gasteiger partial charge is 0.373 e. The van der Waals surface area contributed by atoms with Crippen molar-refractivity contribution in [2.75, 3.05) is 32.7 Å². The lowest BCUT2D eigenvalue weighted by Gasteiger charge is -2.34. The molecule has 3 unspecified atom stereocenters. The van der Waals surface area contributed by atoms with E-state index in [-0.39, 0.29) is 23.0 Å². The van der Waals surface area contributed by atoms with E-state index in [9.17, 15) is 13.2 Å². The zero-order valence-corrected chi connectivity index (χ0v) is 16.8. The SMILES string of the molecule is CC1CN(S(=O)(=O)c2cccc(C(=O)NCC3CCCNC3)c2)CC(C)O1. The number of nitrogens with zero attached hydrogens (tertiary/aromatic N) is 1. The summed E-state index contributed by atoms with van der Waals surface area (Å²) in [6.07, 6.45) is 1.90. The van der Waals surface area contributed by atoms with Crippen molar-refractivity contribution in [3.63, 3.8) is 0 Å². The van der Waals surface area contributed by atoms with Crippen molar-refractivity contribution in [1.82, 2.24) is 14.9 Å². The van der Waals surface area contributed by atoms with Crippen molar-refractivity contribution in [2.24, 2.45) is 5.92 Å². The number of carbonyl (C=O) groups is 1. The molecule has 2 N–H and O–H groups in total. The van der Waals surface area contributed by atoms with Gasteiger partial charge in [0.15, 0.2) is 0 Å². The highest BCUT2D eigenvalue weighted by atomic mass is 32.2. The lowest BCUT2D eigenvalue weighted by molar-refractivity contribution is -0.0440. The molecule has 0 aromatic heterocycles. The molecule has 2 saturated heterocycles. The Morgan fingerprint density at radius 3 is 2.70 bits per heavy atom. The standard InChI is InChI=1S/C19H29N3O4S/c1-14-12-22(13-15(2)26-14)27(24,25)18-7-3-6-17(9-18)19(23)21-11-16-5-4-8-20-10-16/h3,6-7,9,14-16,20H,4-5,8,10-13H2,1-2H3,(H,21,23). The second-order valence-electron chi connectivity index (χ2n) is 7.53. The zero-order chi connectivity index (χ0) is 19.4. The Hall–Kier alpha value is -1.48. The molecule has 1 aromatic carbocycles. The van der Waals surface area contributed by atoms with E-state index in [1.165, 1.54) is 10.4 Å². The van der Waals surface area contributed by atoms with Gasteiger partial charge in [-0.05, 0) is 63.9 Å². The third kappa shape index (κ3) is 5.07. The molecule has 2 aliphatic rings. The molecular weight excluding hydrogens is 366 g/mol. The zero-order valence-electron chi connectivity index (χ0n) is 16.0. The maximum atomic E-state index is 13.0. The smallest absolute Gasteiger partial charge is 0.251 e. The van der Waals surface area contributed by atoms with Gasteiger partial charge in [0, 0.05) is 25.2 Å². The van der Waals surface area contributed by atoms with Crippen LogP contribution >= 0.6 is 0 Å². The van der Waals surface area contributed by atoms with E-state index in [0.717, 1.165) is 25.9 Å². The van der Waals surface area contributed by atoms with Crippen LogP contribution < -0.4 is 10.6 Å². The minimum Gasteiger partial charge on any atom is -0.373 e. The Labute approximate surface area is 161 Å². The molecule has 2 heterocycles. The molecule has 3 rings (SSSR count). The summed E-state index contributed by atoms with van der Waals surface area (Å²) in [5.74, 6) is 0.187. The second-order valence-corrected chi connectivity index (χ2v) is 9.47. The van der Waals surface area contributed by atoms with Gasteiger partial charge in [0.25, 0.3) is 5.91 Å². The summed E-state index contributed by atoms with van der Waals surface area (Å²) in [6.45, 7) is 6.90. The Morgan fingerprint density at radius 1 is 1.30 bits per heavy atom. The van der Waals surface area contributed by atoms with Crippen molar-refractivity contribution in [3.8, 4) is 0 Å². The van der Waals surface area contributed by atoms with Gasteiger partial charge < -0.3 is 15.4 Å². The Balaban J connectivity index is 1.69. The van der Waals surface area contributed by atoms with Crippen molar-refractivity contribution in [1.29, 1.82) is 0 Å². The van der Waals surface area contributed by atoms with Crippen LogP contribution in [0, 0.1) is 5.92 Å². The number of piperidine rings is 1. The molecule has 7 nitrogen and oxygen atoms in total. The molecule has 1 amide bonds. The number of sulfonamides is 1. The highest BCUT2D eigenvalue weighted by Crippen LogP contribution is 2.22. The summed E-state index contributed by atoms with van der Waals surface area (Å²) < 4.78 is 33.0. The molecule has 1 aromatic rings. The number of nitrogens with one attached hydrogen (secondary N) is 2.